The van der Waals surface area contributed by atoms with Crippen molar-refractivity contribution in [2.24, 2.45) is 5.92 Å². The second-order valence-electron chi connectivity index (χ2n) is 6.50. The molecule has 1 aromatic heterocycles. The molecular weight excluding hydrogens is 344 g/mol. The van der Waals surface area contributed by atoms with Gasteiger partial charge < -0.3 is 10.4 Å². The van der Waals surface area contributed by atoms with Crippen molar-refractivity contribution in [2.75, 3.05) is 0 Å². The van der Waals surface area contributed by atoms with Crippen LogP contribution < -0.4 is 5.32 Å². The zero-order chi connectivity index (χ0) is 19.0. The summed E-state index contributed by atoms with van der Waals surface area (Å²) in [5, 5.41) is 15.9. The van der Waals surface area contributed by atoms with E-state index in [4.69, 9.17) is 5.11 Å². The predicted octanol–water partition coefficient (Wildman–Crippen LogP) is 2.48. The first kappa shape index (κ1) is 18.0. The van der Waals surface area contributed by atoms with Crippen molar-refractivity contribution in [1.29, 1.82) is 0 Å². The molecule has 1 aliphatic rings. The first-order valence-electron chi connectivity index (χ1n) is 8.40. The van der Waals surface area contributed by atoms with Crippen LogP contribution in [0.3, 0.4) is 0 Å². The fourth-order valence-electron chi connectivity index (χ4n) is 3.09. The Kier molecular flexibility index (Phi) is 4.76. The second-order valence-corrected chi connectivity index (χ2v) is 6.50. The first-order valence-corrected chi connectivity index (χ1v) is 8.40. The highest BCUT2D eigenvalue weighted by molar-refractivity contribution is 5.94. The maximum absolute atomic E-state index is 14.2. The van der Waals surface area contributed by atoms with E-state index >= 15 is 0 Å². The molecule has 8 heteroatoms. The molecule has 138 valence electrons. The predicted molar refractivity (Wildman–Crippen MR) is 89.2 cm³/mol. The summed E-state index contributed by atoms with van der Waals surface area (Å²) in [4.78, 5) is 23.6. The Balaban J connectivity index is 1.96. The van der Waals surface area contributed by atoms with Crippen LogP contribution in [-0.4, -0.2) is 32.8 Å². The third kappa shape index (κ3) is 3.07. The number of aromatic nitrogens is 2. The van der Waals surface area contributed by atoms with Gasteiger partial charge in [-0.1, -0.05) is 6.07 Å². The summed E-state index contributed by atoms with van der Waals surface area (Å²) < 4.78 is 29.0. The van der Waals surface area contributed by atoms with Crippen molar-refractivity contribution >= 4 is 11.9 Å². The number of hydrogen-bond donors (Lipinski definition) is 2. The molecule has 2 unspecified atom stereocenters. The molecule has 26 heavy (non-hydrogen) atoms. The van der Waals surface area contributed by atoms with E-state index in [0.29, 0.717) is 24.1 Å². The van der Waals surface area contributed by atoms with E-state index in [1.54, 1.807) is 6.92 Å². The smallest absolute Gasteiger partial charge is 0.308 e. The number of nitrogens with one attached hydrogen (secondary N) is 1. The summed E-state index contributed by atoms with van der Waals surface area (Å²) in [5.74, 6) is -4.31. The molecule has 0 radical (unpaired) electrons. The third-order valence-electron chi connectivity index (χ3n) is 4.80. The van der Waals surface area contributed by atoms with Crippen LogP contribution in [0.25, 0.3) is 5.69 Å². The van der Waals surface area contributed by atoms with E-state index in [2.05, 4.69) is 10.4 Å². The third-order valence-corrected chi connectivity index (χ3v) is 4.80. The number of carboxylic acid groups (broad SMARTS) is 1. The molecule has 1 aliphatic carbocycles. The maximum Gasteiger partial charge on any atom is 0.308 e. The molecule has 3 rings (SSSR count). The highest BCUT2D eigenvalue weighted by Crippen LogP contribution is 2.29. The van der Waals surface area contributed by atoms with Crippen molar-refractivity contribution in [3.8, 4) is 5.69 Å². The standard InChI is InChI=1S/C18H19F2N3O3/c1-9(18(25)26)10(2)21-17(24)16-11-5-3-7-13(11)23(22-16)14-8-4-6-12(19)15(14)20/h4,6,8-10H,3,5,7H2,1-2H3,(H,21,24)(H,25,26). The van der Waals surface area contributed by atoms with Crippen LogP contribution >= 0.6 is 0 Å². The van der Waals surface area contributed by atoms with Gasteiger partial charge in [-0.05, 0) is 45.2 Å². The first-order chi connectivity index (χ1) is 12.3. The number of fused-ring (bicyclic) bond motifs is 1. The van der Waals surface area contributed by atoms with Crippen molar-refractivity contribution in [3.63, 3.8) is 0 Å². The van der Waals surface area contributed by atoms with Crippen molar-refractivity contribution in [1.82, 2.24) is 15.1 Å². The summed E-state index contributed by atoms with van der Waals surface area (Å²) in [6.45, 7) is 3.10. The van der Waals surface area contributed by atoms with Crippen LogP contribution in [0.4, 0.5) is 8.78 Å². The Labute approximate surface area is 148 Å². The molecule has 0 fully saturated rings. The molecule has 1 aromatic carbocycles. The lowest BCUT2D eigenvalue weighted by Gasteiger charge is -2.17. The fraction of sp³-hybridized carbons (Fsp3) is 0.389. The number of rotatable bonds is 5. The molecule has 1 amide bonds. The molecule has 6 nitrogen and oxygen atoms in total. The number of benzene rings is 1. The van der Waals surface area contributed by atoms with Crippen LogP contribution in [0.15, 0.2) is 18.2 Å². The number of carbonyl (C=O) groups excluding carboxylic acids is 1. The van der Waals surface area contributed by atoms with Gasteiger partial charge >= 0.3 is 5.97 Å². The van der Waals surface area contributed by atoms with Crippen LogP contribution in [0, 0.1) is 17.6 Å². The van der Waals surface area contributed by atoms with Gasteiger partial charge in [-0.2, -0.15) is 5.10 Å². The van der Waals surface area contributed by atoms with Gasteiger partial charge in [0.2, 0.25) is 0 Å². The van der Waals surface area contributed by atoms with E-state index < -0.39 is 35.5 Å². The Hall–Kier alpha value is -2.77. The molecule has 0 spiro atoms. The Morgan fingerprint density at radius 2 is 2.00 bits per heavy atom. The normalized spacial score (nSPS) is 15.4. The van der Waals surface area contributed by atoms with Gasteiger partial charge in [-0.3, -0.25) is 9.59 Å². The average Bonchev–Trinajstić information content (AvgIpc) is 3.19. The Morgan fingerprint density at radius 1 is 1.27 bits per heavy atom. The highest BCUT2D eigenvalue weighted by Gasteiger charge is 2.30. The van der Waals surface area contributed by atoms with Crippen LogP contribution in [0.1, 0.15) is 42.0 Å². The van der Waals surface area contributed by atoms with E-state index in [0.717, 1.165) is 12.5 Å². The summed E-state index contributed by atoms with van der Waals surface area (Å²) in [5.41, 5.74) is 1.46. The molecule has 1 heterocycles. The molecule has 0 saturated carbocycles. The number of carboxylic acids is 1. The van der Waals surface area contributed by atoms with E-state index in [1.165, 1.54) is 23.7 Å². The van der Waals surface area contributed by atoms with Gasteiger partial charge in [0.1, 0.15) is 5.69 Å². The molecular formula is C18H19F2N3O3. The van der Waals surface area contributed by atoms with Gasteiger partial charge in [0.15, 0.2) is 17.3 Å². The Bertz CT molecular complexity index is 879. The lowest BCUT2D eigenvalue weighted by Crippen LogP contribution is -2.40. The quantitative estimate of drug-likeness (QED) is 0.855. The van der Waals surface area contributed by atoms with Crippen molar-refractivity contribution < 1.29 is 23.5 Å². The van der Waals surface area contributed by atoms with Crippen LogP contribution in [-0.2, 0) is 17.6 Å². The minimum absolute atomic E-state index is 0.0471. The molecule has 0 bridgehead atoms. The van der Waals surface area contributed by atoms with Gasteiger partial charge in [0, 0.05) is 17.3 Å². The van der Waals surface area contributed by atoms with E-state index in [1.807, 2.05) is 0 Å². The van der Waals surface area contributed by atoms with Crippen LogP contribution in [0.5, 0.6) is 0 Å². The van der Waals surface area contributed by atoms with E-state index in [-0.39, 0.29) is 11.4 Å². The summed E-state index contributed by atoms with van der Waals surface area (Å²) in [6, 6.07) is 3.20. The molecule has 0 saturated heterocycles. The second kappa shape index (κ2) is 6.86. The molecule has 2 atom stereocenters. The van der Waals surface area contributed by atoms with Gasteiger partial charge in [-0.15, -0.1) is 0 Å². The highest BCUT2D eigenvalue weighted by atomic mass is 19.2. The number of hydrogen-bond acceptors (Lipinski definition) is 3. The zero-order valence-corrected chi connectivity index (χ0v) is 14.4. The van der Waals surface area contributed by atoms with Crippen molar-refractivity contribution in [3.05, 3.63) is 46.8 Å². The SMILES string of the molecule is CC(NC(=O)c1nn(-c2cccc(F)c2F)c2c1CCC2)C(C)C(=O)O. The minimum atomic E-state index is -1.02. The largest absolute Gasteiger partial charge is 0.481 e. The molecule has 2 N–H and O–H groups in total. The molecule has 2 aromatic rings. The summed E-state index contributed by atoms with van der Waals surface area (Å²) in [6.07, 6.45) is 2.00. The zero-order valence-electron chi connectivity index (χ0n) is 14.4. The Morgan fingerprint density at radius 3 is 2.69 bits per heavy atom. The van der Waals surface area contributed by atoms with Crippen LogP contribution in [0.2, 0.25) is 0 Å². The number of aliphatic carboxylic acids is 1. The molecule has 0 aliphatic heterocycles. The monoisotopic (exact) mass is 363 g/mol. The minimum Gasteiger partial charge on any atom is -0.481 e. The number of amides is 1. The van der Waals surface area contributed by atoms with Crippen molar-refractivity contribution in [2.45, 2.75) is 39.2 Å². The number of nitrogens with zero attached hydrogens (tertiary/aromatic N) is 2. The number of carbonyl (C=O) groups is 2. The lowest BCUT2D eigenvalue weighted by molar-refractivity contribution is -0.141. The summed E-state index contributed by atoms with van der Waals surface area (Å²) >= 11 is 0. The maximum atomic E-state index is 14.2. The van der Waals surface area contributed by atoms with Gasteiger partial charge in [-0.25, -0.2) is 13.5 Å². The topological polar surface area (TPSA) is 84.2 Å². The number of halogens is 2. The lowest BCUT2D eigenvalue weighted by atomic mass is 10.0. The van der Waals surface area contributed by atoms with Gasteiger partial charge in [0.05, 0.1) is 5.92 Å². The summed E-state index contributed by atoms with van der Waals surface area (Å²) in [7, 11) is 0. The average molecular weight is 363 g/mol. The fourth-order valence-corrected chi connectivity index (χ4v) is 3.09. The van der Waals surface area contributed by atoms with E-state index in [9.17, 15) is 18.4 Å². The van der Waals surface area contributed by atoms with Gasteiger partial charge in [0.25, 0.3) is 5.91 Å².